The predicted octanol–water partition coefficient (Wildman–Crippen LogP) is 2.24. The Labute approximate surface area is 176 Å². The number of carbonyl (C=O) groups excluding carboxylic acids is 1. The normalized spacial score (nSPS) is 15.9. The Kier molecular flexibility index (Phi) is 6.21. The third-order valence-corrected chi connectivity index (χ3v) is 5.58. The van der Waals surface area contributed by atoms with Crippen LogP contribution in [0.1, 0.15) is 29.0 Å². The van der Waals surface area contributed by atoms with Crippen LogP contribution in [0.2, 0.25) is 0 Å². The van der Waals surface area contributed by atoms with Gasteiger partial charge in [0.25, 0.3) is 5.91 Å². The number of piperazine rings is 1. The number of amides is 1. The fourth-order valence-corrected chi connectivity index (χ4v) is 3.92. The van der Waals surface area contributed by atoms with Gasteiger partial charge in [-0.05, 0) is 29.3 Å². The van der Waals surface area contributed by atoms with E-state index in [2.05, 4.69) is 43.3 Å². The van der Waals surface area contributed by atoms with E-state index >= 15 is 0 Å². The van der Waals surface area contributed by atoms with E-state index in [0.717, 1.165) is 42.5 Å². The third kappa shape index (κ3) is 4.42. The quantitative estimate of drug-likeness (QED) is 0.655. The van der Waals surface area contributed by atoms with Gasteiger partial charge < -0.3 is 15.3 Å². The molecule has 1 saturated heterocycles. The Morgan fingerprint density at radius 1 is 1.10 bits per heavy atom. The lowest BCUT2D eigenvalue weighted by Crippen LogP contribution is -2.47. The van der Waals surface area contributed by atoms with E-state index in [4.69, 9.17) is 5.11 Å². The van der Waals surface area contributed by atoms with Gasteiger partial charge in [0.2, 0.25) is 5.95 Å². The van der Waals surface area contributed by atoms with Crippen molar-refractivity contribution in [1.82, 2.24) is 20.2 Å². The number of nitrogens with zero attached hydrogens (tertiary/aromatic N) is 4. The largest absolute Gasteiger partial charge is 0.395 e. The lowest BCUT2D eigenvalue weighted by Gasteiger charge is -2.34. The number of hydrogen-bond acceptors (Lipinski definition) is 6. The van der Waals surface area contributed by atoms with Gasteiger partial charge in [0.15, 0.2) is 0 Å². The van der Waals surface area contributed by atoms with Crippen LogP contribution in [0.15, 0.2) is 54.7 Å². The molecule has 7 heteroatoms. The molecule has 2 aromatic carbocycles. The van der Waals surface area contributed by atoms with Crippen LogP contribution in [-0.2, 0) is 0 Å². The molecule has 0 unspecified atom stereocenters. The van der Waals surface area contributed by atoms with E-state index < -0.39 is 0 Å². The van der Waals surface area contributed by atoms with Gasteiger partial charge in [-0.3, -0.25) is 9.69 Å². The van der Waals surface area contributed by atoms with Gasteiger partial charge in [-0.1, -0.05) is 42.5 Å². The van der Waals surface area contributed by atoms with Crippen LogP contribution < -0.4 is 10.2 Å². The van der Waals surface area contributed by atoms with Crippen LogP contribution in [0.3, 0.4) is 0 Å². The Bertz CT molecular complexity index is 1010. The van der Waals surface area contributed by atoms with Crippen molar-refractivity contribution in [3.8, 4) is 0 Å². The second-order valence-corrected chi connectivity index (χ2v) is 7.56. The van der Waals surface area contributed by atoms with E-state index in [9.17, 15) is 4.79 Å². The summed E-state index contributed by atoms with van der Waals surface area (Å²) in [5.74, 6) is 0.363. The van der Waals surface area contributed by atoms with Crippen LogP contribution >= 0.6 is 0 Å². The topological polar surface area (TPSA) is 81.6 Å². The minimum atomic E-state index is -0.210. The second-order valence-electron chi connectivity index (χ2n) is 7.56. The highest BCUT2D eigenvalue weighted by atomic mass is 16.3. The minimum Gasteiger partial charge on any atom is -0.395 e. The van der Waals surface area contributed by atoms with Crippen molar-refractivity contribution in [1.29, 1.82) is 0 Å². The van der Waals surface area contributed by atoms with Crippen LogP contribution in [0.5, 0.6) is 0 Å². The molecule has 4 rings (SSSR count). The van der Waals surface area contributed by atoms with E-state index in [-0.39, 0.29) is 18.6 Å². The van der Waals surface area contributed by atoms with Gasteiger partial charge in [-0.2, -0.15) is 0 Å². The summed E-state index contributed by atoms with van der Waals surface area (Å²) in [7, 11) is 0. The molecule has 0 aliphatic carbocycles. The number of aliphatic hydroxyl groups excluding tert-OH is 1. The van der Waals surface area contributed by atoms with Crippen LogP contribution in [0, 0.1) is 0 Å². The molecular formula is C23H27N5O2. The summed E-state index contributed by atoms with van der Waals surface area (Å²) in [4.78, 5) is 26.0. The number of rotatable bonds is 6. The molecule has 30 heavy (non-hydrogen) atoms. The maximum absolute atomic E-state index is 12.9. The van der Waals surface area contributed by atoms with Crippen LogP contribution in [0.4, 0.5) is 5.95 Å². The zero-order chi connectivity index (χ0) is 20.9. The fourth-order valence-electron chi connectivity index (χ4n) is 3.92. The summed E-state index contributed by atoms with van der Waals surface area (Å²) >= 11 is 0. The van der Waals surface area contributed by atoms with E-state index in [1.54, 1.807) is 12.3 Å². The Hall–Kier alpha value is -3.03. The number of aliphatic hydroxyl groups is 1. The first-order valence-corrected chi connectivity index (χ1v) is 10.4. The Balaban J connectivity index is 1.46. The summed E-state index contributed by atoms with van der Waals surface area (Å²) < 4.78 is 0. The molecule has 1 atom stereocenters. The van der Waals surface area contributed by atoms with Crippen molar-refractivity contribution in [2.24, 2.45) is 0 Å². The number of β-amino-alcohol motifs (C(OH)–C–C–N with tert-alkyl or cyclic N) is 1. The first-order chi connectivity index (χ1) is 14.7. The molecule has 0 bridgehead atoms. The molecule has 2 heterocycles. The molecule has 0 saturated carbocycles. The summed E-state index contributed by atoms with van der Waals surface area (Å²) in [6.07, 6.45) is 1.64. The molecule has 1 aliphatic rings. The summed E-state index contributed by atoms with van der Waals surface area (Å²) in [6, 6.07) is 15.8. The molecule has 156 valence electrons. The second kappa shape index (κ2) is 9.19. The Morgan fingerprint density at radius 2 is 1.87 bits per heavy atom. The van der Waals surface area contributed by atoms with Crippen molar-refractivity contribution in [3.63, 3.8) is 0 Å². The van der Waals surface area contributed by atoms with Crippen molar-refractivity contribution in [2.45, 2.75) is 13.0 Å². The molecule has 1 aliphatic heterocycles. The highest BCUT2D eigenvalue weighted by Gasteiger charge is 2.20. The third-order valence-electron chi connectivity index (χ3n) is 5.58. The first kappa shape index (κ1) is 20.3. The van der Waals surface area contributed by atoms with Crippen molar-refractivity contribution in [2.75, 3.05) is 44.2 Å². The van der Waals surface area contributed by atoms with E-state index in [1.165, 1.54) is 0 Å². The monoisotopic (exact) mass is 405 g/mol. The molecule has 0 radical (unpaired) electrons. The van der Waals surface area contributed by atoms with Crippen LogP contribution in [-0.4, -0.2) is 65.2 Å². The fraction of sp³-hybridized carbons (Fsp3) is 0.348. The number of aromatic nitrogens is 2. The van der Waals surface area contributed by atoms with Gasteiger partial charge in [0.1, 0.15) is 5.69 Å². The minimum absolute atomic E-state index is 0.149. The summed E-state index contributed by atoms with van der Waals surface area (Å²) in [6.45, 7) is 6.08. The predicted molar refractivity (Wildman–Crippen MR) is 118 cm³/mol. The molecule has 7 nitrogen and oxygen atoms in total. The van der Waals surface area contributed by atoms with Gasteiger partial charge in [-0.25, -0.2) is 9.97 Å². The number of carbonyl (C=O) groups is 1. The molecule has 1 aromatic heterocycles. The molecule has 1 amide bonds. The zero-order valence-corrected chi connectivity index (χ0v) is 17.2. The standard InChI is InChI=1S/C23H27N5O2/c1-17(19-8-4-6-18-5-2-3-7-20(18)19)25-22(30)21-9-10-24-23(26-21)28-13-11-27(12-14-28)15-16-29/h2-10,17,29H,11-16H2,1H3,(H,25,30)/t17-/m1/s1. The number of hydrogen-bond donors (Lipinski definition) is 2. The highest BCUT2D eigenvalue weighted by molar-refractivity contribution is 5.93. The number of fused-ring (bicyclic) bond motifs is 1. The average Bonchev–Trinajstić information content (AvgIpc) is 2.79. The van der Waals surface area contributed by atoms with Gasteiger partial charge in [-0.15, -0.1) is 0 Å². The molecular weight excluding hydrogens is 378 g/mol. The summed E-state index contributed by atoms with van der Waals surface area (Å²) in [5, 5.41) is 14.5. The zero-order valence-electron chi connectivity index (χ0n) is 17.2. The summed E-state index contributed by atoms with van der Waals surface area (Å²) in [5.41, 5.74) is 1.45. The van der Waals surface area contributed by atoms with E-state index in [0.29, 0.717) is 18.2 Å². The van der Waals surface area contributed by atoms with Crippen molar-refractivity contribution in [3.05, 3.63) is 66.0 Å². The highest BCUT2D eigenvalue weighted by Crippen LogP contribution is 2.24. The number of benzene rings is 2. The van der Waals surface area contributed by atoms with Gasteiger partial charge in [0.05, 0.1) is 12.6 Å². The lowest BCUT2D eigenvalue weighted by atomic mass is 9.99. The maximum atomic E-state index is 12.9. The average molecular weight is 406 g/mol. The molecule has 3 aromatic rings. The van der Waals surface area contributed by atoms with Crippen LogP contribution in [0.25, 0.3) is 10.8 Å². The molecule has 0 spiro atoms. The van der Waals surface area contributed by atoms with Crippen molar-refractivity contribution < 1.29 is 9.90 Å². The van der Waals surface area contributed by atoms with E-state index in [1.807, 2.05) is 31.2 Å². The number of anilines is 1. The van der Waals surface area contributed by atoms with Gasteiger partial charge >= 0.3 is 0 Å². The Morgan fingerprint density at radius 3 is 2.67 bits per heavy atom. The number of nitrogens with one attached hydrogen (secondary N) is 1. The smallest absolute Gasteiger partial charge is 0.270 e. The SMILES string of the molecule is C[C@@H](NC(=O)c1ccnc(N2CCN(CCO)CC2)n1)c1cccc2ccccc12. The first-order valence-electron chi connectivity index (χ1n) is 10.4. The molecule has 1 fully saturated rings. The maximum Gasteiger partial charge on any atom is 0.270 e. The van der Waals surface area contributed by atoms with Crippen molar-refractivity contribution >= 4 is 22.6 Å². The lowest BCUT2D eigenvalue weighted by molar-refractivity contribution is 0.0935. The van der Waals surface area contributed by atoms with Gasteiger partial charge in [0, 0.05) is 38.9 Å². The molecule has 2 N–H and O–H groups in total.